The van der Waals surface area contributed by atoms with E-state index in [2.05, 4.69) is 0 Å². The topological polar surface area (TPSA) is 57.9 Å². The van der Waals surface area contributed by atoms with Gasteiger partial charge in [0, 0.05) is 5.03 Å². The molecule has 0 amide bonds. The van der Waals surface area contributed by atoms with Gasteiger partial charge in [-0.25, -0.2) is 8.42 Å². The minimum atomic E-state index is -3.58. The Bertz CT molecular complexity index is 617. The van der Waals surface area contributed by atoms with Crippen LogP contribution in [0.2, 0.25) is 0 Å². The van der Waals surface area contributed by atoms with Crippen LogP contribution in [-0.2, 0) is 9.84 Å². The third kappa shape index (κ3) is 3.17. The number of rotatable bonds is 4. The lowest BCUT2D eigenvalue weighted by molar-refractivity contribution is 0.512. The van der Waals surface area contributed by atoms with Gasteiger partial charge in [-0.15, -0.1) is 0 Å². The van der Waals surface area contributed by atoms with Crippen molar-refractivity contribution in [1.29, 1.82) is 5.26 Å². The van der Waals surface area contributed by atoms with Gasteiger partial charge in [0.25, 0.3) is 0 Å². The minimum Gasteiger partial charge on any atom is -0.222 e. The van der Waals surface area contributed by atoms with E-state index in [0.717, 1.165) is 11.5 Å². The van der Waals surface area contributed by atoms with Crippen LogP contribution in [0.4, 0.5) is 0 Å². The maximum Gasteiger partial charge on any atom is 0.194 e. The van der Waals surface area contributed by atoms with E-state index >= 15 is 0 Å². The van der Waals surface area contributed by atoms with Gasteiger partial charge in [0.15, 0.2) is 15.1 Å². The first-order chi connectivity index (χ1) is 9.04. The Labute approximate surface area is 118 Å². The van der Waals surface area contributed by atoms with Crippen molar-refractivity contribution in [2.45, 2.75) is 29.4 Å². The fraction of sp³-hybridized carbons (Fsp3) is 0.357. The highest BCUT2D eigenvalue weighted by Gasteiger charge is 2.31. The number of halogens is 1. The number of hydrogen-bond donors (Lipinski definition) is 0. The Morgan fingerprint density at radius 1 is 1.37 bits per heavy atom. The Morgan fingerprint density at radius 2 is 2.05 bits per heavy atom. The predicted octanol–water partition coefficient (Wildman–Crippen LogP) is 3.28. The molecule has 0 radical (unpaired) electrons. The highest BCUT2D eigenvalue weighted by atomic mass is 35.5. The van der Waals surface area contributed by atoms with Crippen LogP contribution >= 0.6 is 11.6 Å². The molecule has 0 saturated carbocycles. The Hall–Kier alpha value is -1.31. The molecule has 2 rings (SSSR count). The molecule has 5 heteroatoms. The summed E-state index contributed by atoms with van der Waals surface area (Å²) in [6.07, 6.45) is 3.65. The smallest absolute Gasteiger partial charge is 0.194 e. The summed E-state index contributed by atoms with van der Waals surface area (Å²) < 4.78 is 24.7. The van der Waals surface area contributed by atoms with Gasteiger partial charge in [0.05, 0.1) is 11.0 Å². The molecule has 0 aliphatic heterocycles. The SMILES string of the molecule is N#CC(CC1CC=C(Cl)C1)S(=O)(=O)c1ccccc1. The molecule has 100 valence electrons. The van der Waals surface area contributed by atoms with E-state index in [4.69, 9.17) is 11.6 Å². The molecule has 0 bridgehead atoms. The van der Waals surface area contributed by atoms with Crippen LogP contribution in [-0.4, -0.2) is 13.7 Å². The van der Waals surface area contributed by atoms with Crippen molar-refractivity contribution >= 4 is 21.4 Å². The molecule has 0 saturated heterocycles. The van der Waals surface area contributed by atoms with E-state index in [-0.39, 0.29) is 10.8 Å². The average molecular weight is 296 g/mol. The molecule has 1 aromatic rings. The lowest BCUT2D eigenvalue weighted by Gasteiger charge is -2.15. The molecule has 0 aromatic heterocycles. The lowest BCUT2D eigenvalue weighted by atomic mass is 10.0. The van der Waals surface area contributed by atoms with Gasteiger partial charge in [-0.05, 0) is 37.3 Å². The van der Waals surface area contributed by atoms with Crippen LogP contribution in [0, 0.1) is 17.2 Å². The zero-order valence-electron chi connectivity index (χ0n) is 10.3. The van der Waals surface area contributed by atoms with Gasteiger partial charge in [-0.3, -0.25) is 0 Å². The first-order valence-electron chi connectivity index (χ1n) is 6.07. The third-order valence-corrected chi connectivity index (χ3v) is 5.58. The molecule has 1 aromatic carbocycles. The van der Waals surface area contributed by atoms with Crippen LogP contribution in [0.25, 0.3) is 0 Å². The van der Waals surface area contributed by atoms with Crippen molar-refractivity contribution in [3.05, 3.63) is 41.4 Å². The molecule has 19 heavy (non-hydrogen) atoms. The number of allylic oxidation sites excluding steroid dienone is 2. The number of benzene rings is 1. The Balaban J connectivity index is 2.16. The lowest BCUT2D eigenvalue weighted by Crippen LogP contribution is -2.22. The van der Waals surface area contributed by atoms with E-state index in [9.17, 15) is 13.7 Å². The summed E-state index contributed by atoms with van der Waals surface area (Å²) in [4.78, 5) is 0.207. The predicted molar refractivity (Wildman–Crippen MR) is 74.3 cm³/mol. The average Bonchev–Trinajstić information content (AvgIpc) is 2.82. The maximum absolute atomic E-state index is 12.4. The molecule has 0 fully saturated rings. The summed E-state index contributed by atoms with van der Waals surface area (Å²) in [5.41, 5.74) is 0. The van der Waals surface area contributed by atoms with Gasteiger partial charge in [-0.2, -0.15) is 5.26 Å². The van der Waals surface area contributed by atoms with Gasteiger partial charge in [0.2, 0.25) is 0 Å². The summed E-state index contributed by atoms with van der Waals surface area (Å²) in [5, 5.41) is 8.93. The van der Waals surface area contributed by atoms with Crippen molar-refractivity contribution in [1.82, 2.24) is 0 Å². The molecule has 3 nitrogen and oxygen atoms in total. The van der Waals surface area contributed by atoms with Gasteiger partial charge >= 0.3 is 0 Å². The van der Waals surface area contributed by atoms with Gasteiger partial charge in [-0.1, -0.05) is 35.9 Å². The zero-order valence-corrected chi connectivity index (χ0v) is 11.9. The number of nitriles is 1. The van der Waals surface area contributed by atoms with Crippen LogP contribution in [0.5, 0.6) is 0 Å². The second-order valence-electron chi connectivity index (χ2n) is 4.67. The maximum atomic E-state index is 12.4. The number of nitrogens with zero attached hydrogens (tertiary/aromatic N) is 1. The first-order valence-corrected chi connectivity index (χ1v) is 7.99. The fourth-order valence-corrected chi connectivity index (χ4v) is 4.08. The standard InChI is InChI=1S/C14H14ClNO2S/c15-12-7-6-11(8-12)9-14(10-16)19(17,18)13-4-2-1-3-5-13/h1-5,7,11,14H,6,8-9H2. The van der Waals surface area contributed by atoms with Crippen LogP contribution in [0.15, 0.2) is 46.3 Å². The monoisotopic (exact) mass is 295 g/mol. The second kappa shape index (κ2) is 5.77. The molecule has 1 aliphatic carbocycles. The van der Waals surface area contributed by atoms with Crippen molar-refractivity contribution < 1.29 is 8.42 Å². The fourth-order valence-electron chi connectivity index (χ4n) is 2.24. The zero-order chi connectivity index (χ0) is 13.9. The quantitative estimate of drug-likeness (QED) is 0.856. The van der Waals surface area contributed by atoms with Gasteiger partial charge in [0.1, 0.15) is 0 Å². The van der Waals surface area contributed by atoms with E-state index in [0.29, 0.717) is 12.8 Å². The van der Waals surface area contributed by atoms with Crippen molar-refractivity contribution in [2.24, 2.45) is 5.92 Å². The summed E-state index contributed by atoms with van der Waals surface area (Å²) >= 11 is 5.89. The molecule has 0 heterocycles. The van der Waals surface area contributed by atoms with Crippen LogP contribution in [0.3, 0.4) is 0 Å². The summed E-state index contributed by atoms with van der Waals surface area (Å²) in [6, 6.07) is 10.1. The highest BCUT2D eigenvalue weighted by molar-refractivity contribution is 7.92. The molecule has 0 N–H and O–H groups in total. The summed E-state index contributed by atoms with van der Waals surface area (Å²) in [6.45, 7) is 0. The molecule has 0 spiro atoms. The number of hydrogen-bond acceptors (Lipinski definition) is 3. The molecular formula is C14H14ClNO2S. The molecule has 2 unspecified atom stereocenters. The third-order valence-electron chi connectivity index (χ3n) is 3.29. The normalized spacial score (nSPS) is 20.6. The van der Waals surface area contributed by atoms with Crippen LogP contribution < -0.4 is 0 Å². The van der Waals surface area contributed by atoms with Crippen molar-refractivity contribution in [3.8, 4) is 6.07 Å². The van der Waals surface area contributed by atoms with E-state index in [1.807, 2.05) is 12.1 Å². The minimum absolute atomic E-state index is 0.149. The Morgan fingerprint density at radius 3 is 2.58 bits per heavy atom. The van der Waals surface area contributed by atoms with E-state index in [1.54, 1.807) is 18.2 Å². The van der Waals surface area contributed by atoms with Crippen LogP contribution in [0.1, 0.15) is 19.3 Å². The molecular weight excluding hydrogens is 282 g/mol. The summed E-state index contributed by atoms with van der Waals surface area (Å²) in [5.74, 6) is 0.149. The Kier molecular flexibility index (Phi) is 4.28. The van der Waals surface area contributed by atoms with E-state index < -0.39 is 15.1 Å². The largest absolute Gasteiger partial charge is 0.222 e. The highest BCUT2D eigenvalue weighted by Crippen LogP contribution is 2.33. The second-order valence-corrected chi connectivity index (χ2v) is 7.28. The molecule has 1 aliphatic rings. The van der Waals surface area contributed by atoms with Crippen molar-refractivity contribution in [3.63, 3.8) is 0 Å². The number of sulfone groups is 1. The van der Waals surface area contributed by atoms with Gasteiger partial charge < -0.3 is 0 Å². The van der Waals surface area contributed by atoms with E-state index in [1.165, 1.54) is 12.1 Å². The molecule has 2 atom stereocenters. The summed E-state index contributed by atoms with van der Waals surface area (Å²) in [7, 11) is -3.58. The van der Waals surface area contributed by atoms with Crippen molar-refractivity contribution in [2.75, 3.05) is 0 Å². The first kappa shape index (κ1) is 14.1.